The number of aromatic nitrogens is 4. The minimum atomic E-state index is -4.38. The highest BCUT2D eigenvalue weighted by atomic mass is 19.4. The van der Waals surface area contributed by atoms with Gasteiger partial charge in [0, 0.05) is 43.8 Å². The van der Waals surface area contributed by atoms with E-state index in [4.69, 9.17) is 19.4 Å². The highest BCUT2D eigenvalue weighted by Gasteiger charge is 2.44. The van der Waals surface area contributed by atoms with Gasteiger partial charge in [-0.3, -0.25) is 9.59 Å². The van der Waals surface area contributed by atoms with E-state index >= 15 is 8.78 Å². The van der Waals surface area contributed by atoms with Crippen molar-refractivity contribution in [2.45, 2.75) is 128 Å². The van der Waals surface area contributed by atoms with Gasteiger partial charge >= 0.3 is 18.4 Å². The molecule has 4 saturated heterocycles. The molecule has 2 aromatic carbocycles. The van der Waals surface area contributed by atoms with Gasteiger partial charge in [-0.2, -0.15) is 13.2 Å². The summed E-state index contributed by atoms with van der Waals surface area (Å²) in [5, 5.41) is 6.87. The van der Waals surface area contributed by atoms with E-state index in [1.807, 2.05) is 52.0 Å². The molecule has 6 heterocycles. The summed E-state index contributed by atoms with van der Waals surface area (Å²) >= 11 is 0. The van der Waals surface area contributed by atoms with Gasteiger partial charge in [0.15, 0.2) is 11.6 Å². The van der Waals surface area contributed by atoms with Gasteiger partial charge < -0.3 is 49.7 Å². The van der Waals surface area contributed by atoms with Gasteiger partial charge in [-0.15, -0.1) is 0 Å². The van der Waals surface area contributed by atoms with Crippen molar-refractivity contribution in [1.82, 2.24) is 40.4 Å². The van der Waals surface area contributed by atoms with Crippen molar-refractivity contribution in [3.05, 3.63) is 69.9 Å². The highest BCUT2D eigenvalue weighted by Crippen LogP contribution is 2.46. The maximum absolute atomic E-state index is 16.5. The van der Waals surface area contributed by atoms with E-state index in [1.54, 1.807) is 9.80 Å². The maximum Gasteiger partial charge on any atom is 0.407 e. The lowest BCUT2D eigenvalue weighted by molar-refractivity contribution is -0.179. The van der Waals surface area contributed by atoms with Crippen LogP contribution in [-0.4, -0.2) is 118 Å². The van der Waals surface area contributed by atoms with E-state index in [2.05, 4.69) is 31.6 Å². The molecule has 73 heavy (non-hydrogen) atoms. The number of alkyl halides is 3. The number of halogens is 5. The van der Waals surface area contributed by atoms with E-state index in [9.17, 15) is 32.3 Å². The number of carbonyl (C=O) groups excluding carboxylic acids is 4. The summed E-state index contributed by atoms with van der Waals surface area (Å²) in [4.78, 5) is 76.1. The Morgan fingerprint density at radius 3 is 1.85 bits per heavy atom. The number of methoxy groups -OCH3 is 2. The van der Waals surface area contributed by atoms with Crippen LogP contribution in [0, 0.1) is 35.3 Å². The largest absolute Gasteiger partial charge is 0.453 e. The number of likely N-dealkylation sites (tertiary alicyclic amines) is 2. The molecule has 4 N–H and O–H groups in total. The fourth-order valence-corrected chi connectivity index (χ4v) is 11.8. The van der Waals surface area contributed by atoms with Crippen LogP contribution in [0.4, 0.5) is 42.9 Å². The molecular weight excluding hydrogens is 956 g/mol. The summed E-state index contributed by atoms with van der Waals surface area (Å²) in [7, 11) is 2.50. The molecule has 9 rings (SSSR count). The number of hydrogen-bond acceptors (Lipinski definition) is 10. The van der Waals surface area contributed by atoms with E-state index in [0.717, 1.165) is 29.1 Å². The number of H-pyrrole nitrogens is 2. The zero-order valence-corrected chi connectivity index (χ0v) is 42.0. The minimum absolute atomic E-state index is 0.134. The van der Waals surface area contributed by atoms with E-state index in [-0.39, 0.29) is 85.4 Å². The molecule has 0 radical (unpaired) electrons. The summed E-state index contributed by atoms with van der Waals surface area (Å²) in [5.41, 5.74) is 2.21. The van der Waals surface area contributed by atoms with Crippen molar-refractivity contribution < 1.29 is 50.6 Å². The van der Waals surface area contributed by atoms with Crippen LogP contribution in [0.15, 0.2) is 30.3 Å². The number of alkyl carbamates (subject to hydrolysis) is 2. The number of imidazole rings is 2. The normalized spacial score (nSPS) is 23.4. The number of rotatable bonds is 12. The smallest absolute Gasteiger partial charge is 0.407 e. The van der Waals surface area contributed by atoms with E-state index in [0.29, 0.717) is 73.6 Å². The zero-order valence-electron chi connectivity index (χ0n) is 42.0. The summed E-state index contributed by atoms with van der Waals surface area (Å²) in [5.74, 6) is -3.04. The number of hydrogen-bond donors (Lipinski definition) is 4. The molecule has 0 spiro atoms. The Morgan fingerprint density at radius 2 is 1.30 bits per heavy atom. The SMILES string of the molecule is COC(=O)NC(C(=O)N1CCC[C@H]1c1nc2ccc([C@H]3CC[C@H](C4C=c5[nH]c([C@@H]6CCCN6C(=O)[C@@H](NC(=O)OC)C(C)C)nc5=CC4)N3c3cc(F)c(N4CCC(C(F)(F)F)CC4)c(F)c3)cc2[nH]1)C(C)C. The summed E-state index contributed by atoms with van der Waals surface area (Å²) in [6.07, 6.45) is 2.49. The number of carbonyl (C=O) groups is 4. The predicted molar refractivity (Wildman–Crippen MR) is 262 cm³/mol. The Balaban J connectivity index is 1.03. The topological polar surface area (TPSA) is 181 Å². The molecule has 21 heteroatoms. The maximum atomic E-state index is 16.5. The number of ether oxygens (including phenoxy) is 2. The summed E-state index contributed by atoms with van der Waals surface area (Å²) in [6, 6.07) is 5.48. The predicted octanol–water partition coefficient (Wildman–Crippen LogP) is 7.42. The molecule has 394 valence electrons. The summed E-state index contributed by atoms with van der Waals surface area (Å²) < 4.78 is 83.4. The van der Waals surface area contributed by atoms with Gasteiger partial charge in [-0.1, -0.05) is 45.9 Å². The number of nitrogens with one attached hydrogen (secondary N) is 4. The van der Waals surface area contributed by atoms with Crippen molar-refractivity contribution in [2.75, 3.05) is 50.2 Å². The average molecular weight is 1020 g/mol. The fourth-order valence-electron chi connectivity index (χ4n) is 11.8. The zero-order chi connectivity index (χ0) is 52.0. The van der Waals surface area contributed by atoms with Crippen LogP contribution in [0.1, 0.15) is 121 Å². The number of nitrogens with zero attached hydrogens (tertiary/aromatic N) is 6. The minimum Gasteiger partial charge on any atom is -0.453 e. The van der Waals surface area contributed by atoms with Crippen LogP contribution in [0.3, 0.4) is 0 Å². The Morgan fingerprint density at radius 1 is 0.726 bits per heavy atom. The fraction of sp³-hybridized carbons (Fsp3) is 0.577. The average Bonchev–Trinajstić information content (AvgIpc) is 4.22. The second kappa shape index (κ2) is 20.8. The Bertz CT molecular complexity index is 2820. The monoisotopic (exact) mass is 1020 g/mol. The molecule has 4 fully saturated rings. The van der Waals surface area contributed by atoms with Crippen LogP contribution in [0.5, 0.6) is 0 Å². The Hall–Kier alpha value is -6.41. The van der Waals surface area contributed by atoms with Gasteiger partial charge in [-0.05, 0) is 99.5 Å². The molecule has 4 aromatic rings. The molecule has 4 aliphatic heterocycles. The first-order valence-corrected chi connectivity index (χ1v) is 25.5. The Kier molecular flexibility index (Phi) is 14.7. The molecule has 0 saturated carbocycles. The number of benzene rings is 2. The third-order valence-corrected chi connectivity index (χ3v) is 15.6. The molecule has 0 bridgehead atoms. The van der Waals surface area contributed by atoms with Gasteiger partial charge in [-0.25, -0.2) is 28.3 Å². The van der Waals surface area contributed by atoms with Gasteiger partial charge in [0.25, 0.3) is 0 Å². The first-order valence-electron chi connectivity index (χ1n) is 25.5. The van der Waals surface area contributed by atoms with Crippen LogP contribution in [0.25, 0.3) is 23.2 Å². The van der Waals surface area contributed by atoms with Crippen molar-refractivity contribution in [1.29, 1.82) is 0 Å². The van der Waals surface area contributed by atoms with Crippen LogP contribution in [0.2, 0.25) is 0 Å². The summed E-state index contributed by atoms with van der Waals surface area (Å²) in [6.45, 7) is 8.13. The van der Waals surface area contributed by atoms with Crippen molar-refractivity contribution in [3.63, 3.8) is 0 Å². The number of amides is 4. The number of piperidine rings is 1. The molecule has 4 amide bonds. The Labute approximate surface area is 420 Å². The van der Waals surface area contributed by atoms with Crippen molar-refractivity contribution >= 4 is 58.6 Å². The lowest BCUT2D eigenvalue weighted by atomic mass is 9.91. The van der Waals surface area contributed by atoms with Crippen molar-refractivity contribution in [2.24, 2.45) is 23.7 Å². The number of anilines is 2. The van der Waals surface area contributed by atoms with Crippen molar-refractivity contribution in [3.8, 4) is 0 Å². The van der Waals surface area contributed by atoms with Crippen LogP contribution >= 0.6 is 0 Å². The molecule has 2 unspecified atom stereocenters. The molecule has 7 atom stereocenters. The van der Waals surface area contributed by atoms with E-state index in [1.165, 1.54) is 31.3 Å². The lowest BCUT2D eigenvalue weighted by Crippen LogP contribution is -2.51. The molecule has 5 aliphatic rings. The van der Waals surface area contributed by atoms with Gasteiger partial charge in [0.1, 0.15) is 29.4 Å². The first-order chi connectivity index (χ1) is 34.8. The first kappa shape index (κ1) is 51.5. The molecule has 1 aliphatic carbocycles. The van der Waals surface area contributed by atoms with E-state index < -0.39 is 48.0 Å². The lowest BCUT2D eigenvalue weighted by Gasteiger charge is -2.38. The second-order valence-corrected chi connectivity index (χ2v) is 20.8. The third kappa shape index (κ3) is 10.3. The quantitative estimate of drug-likeness (QED) is 0.104. The molecular formula is C52H65F5N10O6. The number of aromatic amines is 2. The molecule has 16 nitrogen and oxygen atoms in total. The van der Waals surface area contributed by atoms with Crippen LogP contribution < -0.4 is 31.1 Å². The highest BCUT2D eigenvalue weighted by molar-refractivity contribution is 5.87. The molecule has 2 aromatic heterocycles. The third-order valence-electron chi connectivity index (χ3n) is 15.6. The van der Waals surface area contributed by atoms with Gasteiger partial charge in [0.05, 0.1) is 60.0 Å². The number of fused-ring (bicyclic) bond motifs is 2. The standard InChI is InChI=1S/C52H65F5N10O6/c1-27(2)43(62-50(70)72-5)48(68)65-19-7-9-41(65)46-58-35-13-11-29(23-37(35)60-46)39-15-16-40(67(39)32-25-33(53)45(34(54)26-32)64-21-17-31(18-22-64)52(55,56)57)30-12-14-36-38(24-30)61-47(59-36)42-10-8-20-66(42)49(69)44(28(3)4)63-51(71)73-6/h11,13-14,23-28,30-31,39-44H,7-10,12,15-22H2,1-6H3,(H,58,60)(H,59,61)(H,62,70)(H,63,71)/t30?,39-,40-,41+,42+,43?,44+/m1/s1. The van der Waals surface area contributed by atoms with Gasteiger partial charge in [0.2, 0.25) is 11.8 Å². The second-order valence-electron chi connectivity index (χ2n) is 20.8. The van der Waals surface area contributed by atoms with Crippen LogP contribution in [-0.2, 0) is 19.1 Å².